The van der Waals surface area contributed by atoms with E-state index in [-0.39, 0.29) is 11.4 Å². The van der Waals surface area contributed by atoms with E-state index >= 15 is 0 Å². The van der Waals surface area contributed by atoms with Gasteiger partial charge in [0.15, 0.2) is 5.75 Å². The molecule has 0 spiro atoms. The Kier molecular flexibility index (Phi) is 1.70. The highest BCUT2D eigenvalue weighted by molar-refractivity contribution is 5.89. The highest BCUT2D eigenvalue weighted by Gasteiger charge is 2.07. The van der Waals surface area contributed by atoms with E-state index in [4.69, 9.17) is 5.73 Å². The first-order valence-corrected chi connectivity index (χ1v) is 4.20. The van der Waals surface area contributed by atoms with Crippen LogP contribution in [0.2, 0.25) is 0 Å². The van der Waals surface area contributed by atoms with Crippen LogP contribution in [0.25, 0.3) is 10.9 Å². The number of pyridine rings is 1. The normalized spacial score (nSPS) is 10.6. The molecule has 2 aromatic rings. The van der Waals surface area contributed by atoms with Gasteiger partial charge < -0.3 is 15.8 Å². The van der Waals surface area contributed by atoms with Crippen molar-refractivity contribution in [3.05, 3.63) is 34.1 Å². The number of nitrogens with two attached hydrogens (primary N) is 1. The van der Waals surface area contributed by atoms with E-state index in [0.29, 0.717) is 10.9 Å². The highest BCUT2D eigenvalue weighted by Crippen LogP contribution is 2.26. The molecule has 0 aliphatic rings. The minimum Gasteiger partial charge on any atom is -0.505 e. The molecule has 1 aromatic heterocycles. The fraction of sp³-hybridized carbons (Fsp3) is 0.100. The van der Waals surface area contributed by atoms with Gasteiger partial charge in [-0.3, -0.25) is 4.79 Å². The number of aryl methyl sites for hydroxylation is 1. The van der Waals surface area contributed by atoms with Crippen molar-refractivity contribution in [2.24, 2.45) is 0 Å². The third-order valence-electron chi connectivity index (χ3n) is 2.18. The molecule has 72 valence electrons. The van der Waals surface area contributed by atoms with Crippen LogP contribution in [0.5, 0.6) is 5.75 Å². The predicted molar refractivity (Wildman–Crippen MR) is 55.4 cm³/mol. The minimum atomic E-state index is -0.459. The maximum absolute atomic E-state index is 11.2. The summed E-state index contributed by atoms with van der Waals surface area (Å²) in [6.45, 7) is 1.90. The van der Waals surface area contributed by atoms with Crippen molar-refractivity contribution in [3.8, 4) is 5.75 Å². The van der Waals surface area contributed by atoms with Crippen LogP contribution < -0.4 is 11.3 Å². The maximum atomic E-state index is 11.2. The molecule has 4 N–H and O–H groups in total. The van der Waals surface area contributed by atoms with Crippen molar-refractivity contribution in [2.75, 3.05) is 5.73 Å². The van der Waals surface area contributed by atoms with Gasteiger partial charge in [0, 0.05) is 5.39 Å². The topological polar surface area (TPSA) is 79.1 Å². The number of rotatable bonds is 0. The minimum absolute atomic E-state index is 0.136. The number of nitrogens with one attached hydrogen (secondary N) is 1. The Balaban J connectivity index is 2.99. The fourth-order valence-corrected chi connectivity index (χ4v) is 1.41. The lowest BCUT2D eigenvalue weighted by atomic mass is 10.1. The van der Waals surface area contributed by atoms with Gasteiger partial charge in [-0.1, -0.05) is 11.6 Å². The summed E-state index contributed by atoms with van der Waals surface area (Å²) in [5.41, 5.74) is 6.40. The molecular formula is C10H10N2O2. The van der Waals surface area contributed by atoms with Gasteiger partial charge in [0.2, 0.25) is 0 Å². The molecule has 4 nitrogen and oxygen atoms in total. The van der Waals surface area contributed by atoms with Crippen molar-refractivity contribution in [2.45, 2.75) is 6.92 Å². The van der Waals surface area contributed by atoms with Gasteiger partial charge in [0.05, 0.1) is 5.52 Å². The largest absolute Gasteiger partial charge is 0.505 e. The Hall–Kier alpha value is -1.97. The Labute approximate surface area is 80.0 Å². The molecule has 0 fully saturated rings. The van der Waals surface area contributed by atoms with Crippen LogP contribution in [-0.4, -0.2) is 10.1 Å². The molecule has 0 aliphatic carbocycles. The zero-order valence-corrected chi connectivity index (χ0v) is 7.66. The average Bonchev–Trinajstić information content (AvgIpc) is 2.16. The van der Waals surface area contributed by atoms with Gasteiger partial charge in [0.1, 0.15) is 5.69 Å². The Bertz CT molecular complexity index is 558. The Morgan fingerprint density at radius 2 is 2.14 bits per heavy atom. The fourth-order valence-electron chi connectivity index (χ4n) is 1.41. The summed E-state index contributed by atoms with van der Waals surface area (Å²) in [4.78, 5) is 13.8. The summed E-state index contributed by atoms with van der Waals surface area (Å²) >= 11 is 0. The van der Waals surface area contributed by atoms with E-state index in [9.17, 15) is 9.90 Å². The summed E-state index contributed by atoms with van der Waals surface area (Å²) in [6.07, 6.45) is 0. The lowest BCUT2D eigenvalue weighted by molar-refractivity contribution is 0.483. The molecule has 0 amide bonds. The van der Waals surface area contributed by atoms with Gasteiger partial charge in [0.25, 0.3) is 5.56 Å². The van der Waals surface area contributed by atoms with Gasteiger partial charge in [-0.05, 0) is 19.1 Å². The molecule has 1 heterocycles. The van der Waals surface area contributed by atoms with Gasteiger partial charge >= 0.3 is 0 Å². The summed E-state index contributed by atoms with van der Waals surface area (Å²) in [5.74, 6) is -0.146. The molecule has 4 heteroatoms. The molecule has 14 heavy (non-hydrogen) atoms. The molecule has 0 atom stereocenters. The molecule has 0 saturated heterocycles. The lowest BCUT2D eigenvalue weighted by Gasteiger charge is -2.04. The van der Waals surface area contributed by atoms with E-state index in [1.807, 2.05) is 13.0 Å². The zero-order valence-electron chi connectivity index (χ0n) is 7.66. The van der Waals surface area contributed by atoms with Crippen LogP contribution in [0.1, 0.15) is 5.56 Å². The van der Waals surface area contributed by atoms with Gasteiger partial charge in [-0.15, -0.1) is 0 Å². The van der Waals surface area contributed by atoms with Crippen molar-refractivity contribution in [3.63, 3.8) is 0 Å². The van der Waals surface area contributed by atoms with Crippen LogP contribution in [0, 0.1) is 6.92 Å². The first kappa shape index (κ1) is 8.62. The number of hydrogen-bond acceptors (Lipinski definition) is 3. The third-order valence-corrected chi connectivity index (χ3v) is 2.18. The van der Waals surface area contributed by atoms with Crippen LogP contribution >= 0.6 is 0 Å². The first-order valence-electron chi connectivity index (χ1n) is 4.20. The summed E-state index contributed by atoms with van der Waals surface area (Å²) in [7, 11) is 0. The first-order chi connectivity index (χ1) is 6.59. The second kappa shape index (κ2) is 2.77. The molecule has 2 rings (SSSR count). The standard InChI is InChI=1S/C10H10N2O2/c1-5-2-3-7-6(4-5)9(13)8(11)10(14)12-7/h2-4H,11H2,1H3,(H2,12,13,14). The van der Waals surface area contributed by atoms with E-state index in [0.717, 1.165) is 5.56 Å². The number of nitrogen functional groups attached to an aromatic ring is 1. The van der Waals surface area contributed by atoms with E-state index in [2.05, 4.69) is 4.98 Å². The average molecular weight is 190 g/mol. The predicted octanol–water partition coefficient (Wildman–Crippen LogP) is 1.12. The van der Waals surface area contributed by atoms with E-state index in [1.54, 1.807) is 12.1 Å². The molecule has 0 unspecified atom stereocenters. The van der Waals surface area contributed by atoms with Gasteiger partial charge in [-0.2, -0.15) is 0 Å². The summed E-state index contributed by atoms with van der Waals surface area (Å²) in [6, 6.07) is 5.37. The molecule has 0 bridgehead atoms. The Morgan fingerprint density at radius 1 is 1.43 bits per heavy atom. The molecule has 0 saturated carbocycles. The van der Waals surface area contributed by atoms with Crippen molar-refractivity contribution >= 4 is 16.6 Å². The quantitative estimate of drug-likeness (QED) is 0.582. The number of aromatic nitrogens is 1. The number of anilines is 1. The van der Waals surface area contributed by atoms with Crippen molar-refractivity contribution < 1.29 is 5.11 Å². The number of hydrogen-bond donors (Lipinski definition) is 3. The number of H-pyrrole nitrogens is 1. The smallest absolute Gasteiger partial charge is 0.275 e. The van der Waals surface area contributed by atoms with Crippen LogP contribution in [0.4, 0.5) is 5.69 Å². The second-order valence-corrected chi connectivity index (χ2v) is 3.27. The second-order valence-electron chi connectivity index (χ2n) is 3.27. The van der Waals surface area contributed by atoms with Gasteiger partial charge in [-0.25, -0.2) is 0 Å². The van der Waals surface area contributed by atoms with E-state index < -0.39 is 5.56 Å². The molecule has 0 radical (unpaired) electrons. The number of aromatic amines is 1. The maximum Gasteiger partial charge on any atom is 0.275 e. The van der Waals surface area contributed by atoms with Crippen LogP contribution in [0.15, 0.2) is 23.0 Å². The number of benzene rings is 1. The summed E-state index contributed by atoms with van der Waals surface area (Å²) < 4.78 is 0. The number of fused-ring (bicyclic) bond motifs is 1. The number of aromatic hydroxyl groups is 1. The molecule has 0 aliphatic heterocycles. The SMILES string of the molecule is Cc1ccc2[nH]c(=O)c(N)c(O)c2c1. The summed E-state index contributed by atoms with van der Waals surface area (Å²) in [5, 5.41) is 10.2. The third kappa shape index (κ3) is 1.12. The molecule has 1 aromatic carbocycles. The van der Waals surface area contributed by atoms with Crippen LogP contribution in [0.3, 0.4) is 0 Å². The van der Waals surface area contributed by atoms with Crippen LogP contribution in [-0.2, 0) is 0 Å². The van der Waals surface area contributed by atoms with Crippen molar-refractivity contribution in [1.82, 2.24) is 4.98 Å². The van der Waals surface area contributed by atoms with E-state index in [1.165, 1.54) is 0 Å². The Morgan fingerprint density at radius 3 is 2.86 bits per heavy atom. The highest BCUT2D eigenvalue weighted by atomic mass is 16.3. The monoisotopic (exact) mass is 190 g/mol. The molecular weight excluding hydrogens is 180 g/mol. The van der Waals surface area contributed by atoms with Crippen molar-refractivity contribution in [1.29, 1.82) is 0 Å². The zero-order chi connectivity index (χ0) is 10.3. The lowest BCUT2D eigenvalue weighted by Crippen LogP contribution is -2.11.